The summed E-state index contributed by atoms with van der Waals surface area (Å²) < 4.78 is 1.47. The summed E-state index contributed by atoms with van der Waals surface area (Å²) in [6.45, 7) is 2.56. The predicted octanol–water partition coefficient (Wildman–Crippen LogP) is 3.34. The van der Waals surface area contributed by atoms with Crippen molar-refractivity contribution >= 4 is 17.2 Å². The van der Waals surface area contributed by atoms with Crippen LogP contribution in [-0.4, -0.2) is 26.7 Å². The van der Waals surface area contributed by atoms with Gasteiger partial charge in [-0.1, -0.05) is 37.3 Å². The molecule has 2 aromatic heterocycles. The van der Waals surface area contributed by atoms with Crippen molar-refractivity contribution in [1.29, 1.82) is 0 Å². The monoisotopic (exact) mass is 380 g/mol. The summed E-state index contributed by atoms with van der Waals surface area (Å²) in [6.07, 6.45) is 2.87. The van der Waals surface area contributed by atoms with E-state index in [2.05, 4.69) is 15.4 Å². The summed E-state index contributed by atoms with van der Waals surface area (Å²) in [7, 11) is 0. The maximum Gasteiger partial charge on any atom is 0.280 e. The number of aryl methyl sites for hydroxylation is 1. The van der Waals surface area contributed by atoms with Crippen molar-refractivity contribution in [3.63, 3.8) is 0 Å². The molecule has 4 rings (SSSR count). The maximum atomic E-state index is 12.5. The first-order chi connectivity index (χ1) is 13.2. The van der Waals surface area contributed by atoms with Gasteiger partial charge in [0.1, 0.15) is 5.69 Å². The van der Waals surface area contributed by atoms with Crippen molar-refractivity contribution in [3.8, 4) is 21.8 Å². The van der Waals surface area contributed by atoms with Crippen LogP contribution in [0.2, 0.25) is 0 Å². The molecule has 1 amide bonds. The summed E-state index contributed by atoms with van der Waals surface area (Å²) in [4.78, 5) is 29.9. The van der Waals surface area contributed by atoms with E-state index in [0.29, 0.717) is 17.2 Å². The van der Waals surface area contributed by atoms with E-state index in [0.717, 1.165) is 35.4 Å². The Morgan fingerprint density at radius 3 is 2.70 bits per heavy atom. The van der Waals surface area contributed by atoms with Crippen LogP contribution in [0, 0.1) is 0 Å². The number of benzene rings is 1. The highest BCUT2D eigenvalue weighted by molar-refractivity contribution is 7.17. The SMILES string of the molecule is CCCn1nc(-c2sc(C(=O)NC3CC3)nc2-c2ccccc2)ccc1=O. The number of hydrogen-bond donors (Lipinski definition) is 1. The van der Waals surface area contributed by atoms with Gasteiger partial charge in [-0.2, -0.15) is 5.10 Å². The van der Waals surface area contributed by atoms with Gasteiger partial charge in [0.05, 0.1) is 10.6 Å². The molecule has 0 spiro atoms. The van der Waals surface area contributed by atoms with Crippen LogP contribution in [0.4, 0.5) is 0 Å². The van der Waals surface area contributed by atoms with Crippen molar-refractivity contribution in [2.45, 2.75) is 38.8 Å². The van der Waals surface area contributed by atoms with Gasteiger partial charge < -0.3 is 5.32 Å². The summed E-state index contributed by atoms with van der Waals surface area (Å²) in [5.74, 6) is -0.146. The summed E-state index contributed by atoms with van der Waals surface area (Å²) >= 11 is 1.32. The van der Waals surface area contributed by atoms with Gasteiger partial charge in [-0.3, -0.25) is 9.59 Å². The molecule has 0 radical (unpaired) electrons. The molecule has 0 atom stereocenters. The summed E-state index contributed by atoms with van der Waals surface area (Å²) in [5.41, 5.74) is 2.17. The van der Waals surface area contributed by atoms with Crippen molar-refractivity contribution in [2.75, 3.05) is 0 Å². The predicted molar refractivity (Wildman–Crippen MR) is 106 cm³/mol. The highest BCUT2D eigenvalue weighted by atomic mass is 32.1. The Morgan fingerprint density at radius 1 is 1.22 bits per heavy atom. The van der Waals surface area contributed by atoms with E-state index in [1.807, 2.05) is 37.3 Å². The Bertz CT molecular complexity index is 1020. The number of amides is 1. The normalized spacial score (nSPS) is 13.5. The van der Waals surface area contributed by atoms with E-state index in [1.54, 1.807) is 6.07 Å². The lowest BCUT2D eigenvalue weighted by Crippen LogP contribution is -2.25. The zero-order valence-electron chi connectivity index (χ0n) is 15.0. The van der Waals surface area contributed by atoms with E-state index >= 15 is 0 Å². The number of hydrogen-bond acceptors (Lipinski definition) is 5. The molecule has 1 aliphatic carbocycles. The fourth-order valence-electron chi connectivity index (χ4n) is 2.80. The molecule has 7 heteroatoms. The molecule has 1 fully saturated rings. The second kappa shape index (κ2) is 7.44. The van der Waals surface area contributed by atoms with Crippen LogP contribution in [0.15, 0.2) is 47.3 Å². The lowest BCUT2D eigenvalue weighted by Gasteiger charge is -2.06. The Labute approximate surface area is 160 Å². The van der Waals surface area contributed by atoms with E-state index < -0.39 is 0 Å². The molecular weight excluding hydrogens is 360 g/mol. The second-order valence-corrected chi connectivity index (χ2v) is 7.59. The van der Waals surface area contributed by atoms with Crippen LogP contribution in [0.1, 0.15) is 36.0 Å². The lowest BCUT2D eigenvalue weighted by atomic mass is 10.1. The molecule has 1 saturated carbocycles. The first-order valence-corrected chi connectivity index (χ1v) is 9.93. The molecule has 3 aromatic rings. The highest BCUT2D eigenvalue weighted by Gasteiger charge is 2.27. The van der Waals surface area contributed by atoms with E-state index in [1.165, 1.54) is 22.1 Å². The second-order valence-electron chi connectivity index (χ2n) is 6.59. The van der Waals surface area contributed by atoms with Crippen molar-refractivity contribution in [1.82, 2.24) is 20.1 Å². The quantitative estimate of drug-likeness (QED) is 0.712. The van der Waals surface area contributed by atoms with Crippen LogP contribution < -0.4 is 10.9 Å². The molecule has 27 heavy (non-hydrogen) atoms. The van der Waals surface area contributed by atoms with Crippen molar-refractivity contribution in [3.05, 3.63) is 57.8 Å². The Morgan fingerprint density at radius 2 is 2.00 bits per heavy atom. The molecule has 0 saturated heterocycles. The van der Waals surface area contributed by atoms with Gasteiger partial charge in [0.25, 0.3) is 11.5 Å². The topological polar surface area (TPSA) is 76.9 Å². The van der Waals surface area contributed by atoms with Gasteiger partial charge in [-0.05, 0) is 25.3 Å². The van der Waals surface area contributed by atoms with Crippen molar-refractivity contribution in [2.24, 2.45) is 0 Å². The maximum absolute atomic E-state index is 12.5. The van der Waals surface area contributed by atoms with Crippen LogP contribution in [0.3, 0.4) is 0 Å². The minimum absolute atomic E-state index is 0.127. The third-order valence-electron chi connectivity index (χ3n) is 4.32. The molecule has 1 aliphatic rings. The summed E-state index contributed by atoms with van der Waals surface area (Å²) in [5, 5.41) is 7.92. The van der Waals surface area contributed by atoms with Gasteiger partial charge >= 0.3 is 0 Å². The third-order valence-corrected chi connectivity index (χ3v) is 5.39. The fraction of sp³-hybridized carbons (Fsp3) is 0.300. The van der Waals surface area contributed by atoms with Crippen LogP contribution >= 0.6 is 11.3 Å². The number of carbonyl (C=O) groups is 1. The van der Waals surface area contributed by atoms with Crippen molar-refractivity contribution < 1.29 is 4.79 Å². The molecule has 0 aliphatic heterocycles. The number of rotatable bonds is 6. The standard InChI is InChI=1S/C20H20N4O2S/c1-2-12-24-16(25)11-10-15(23-24)18-17(13-6-4-3-5-7-13)22-20(27-18)19(26)21-14-8-9-14/h3-7,10-11,14H,2,8-9,12H2,1H3,(H,21,26). The van der Waals surface area contributed by atoms with E-state index in [-0.39, 0.29) is 17.5 Å². The average Bonchev–Trinajstić information content (AvgIpc) is 3.38. The molecule has 6 nitrogen and oxygen atoms in total. The molecule has 0 bridgehead atoms. The first-order valence-electron chi connectivity index (χ1n) is 9.11. The fourth-order valence-corrected chi connectivity index (χ4v) is 3.75. The molecular formula is C20H20N4O2S. The molecule has 1 aromatic carbocycles. The minimum atomic E-state index is -0.146. The number of nitrogens with one attached hydrogen (secondary N) is 1. The number of nitrogens with zero attached hydrogens (tertiary/aromatic N) is 3. The van der Waals surface area contributed by atoms with E-state index in [4.69, 9.17) is 0 Å². The number of thiazole rings is 1. The largest absolute Gasteiger partial charge is 0.347 e. The van der Waals surface area contributed by atoms with Gasteiger partial charge in [-0.25, -0.2) is 9.67 Å². The average molecular weight is 380 g/mol. The highest BCUT2D eigenvalue weighted by Crippen LogP contribution is 2.35. The number of carbonyl (C=O) groups excluding carboxylic acids is 1. The lowest BCUT2D eigenvalue weighted by molar-refractivity contribution is 0.0951. The van der Waals surface area contributed by atoms with Crippen LogP contribution in [0.25, 0.3) is 21.8 Å². The first kappa shape index (κ1) is 17.6. The third kappa shape index (κ3) is 3.83. The van der Waals surface area contributed by atoms with Gasteiger partial charge in [0.15, 0.2) is 5.01 Å². The number of aromatic nitrogens is 3. The summed E-state index contributed by atoms with van der Waals surface area (Å²) in [6, 6.07) is 13.2. The molecule has 0 unspecified atom stereocenters. The van der Waals surface area contributed by atoms with Crippen LogP contribution in [-0.2, 0) is 6.54 Å². The molecule has 2 heterocycles. The Balaban J connectivity index is 1.80. The minimum Gasteiger partial charge on any atom is -0.347 e. The van der Waals surface area contributed by atoms with Gasteiger partial charge in [0, 0.05) is 24.2 Å². The smallest absolute Gasteiger partial charge is 0.280 e. The molecule has 138 valence electrons. The van der Waals surface area contributed by atoms with E-state index in [9.17, 15) is 9.59 Å². The molecule has 1 N–H and O–H groups in total. The zero-order chi connectivity index (χ0) is 18.8. The van der Waals surface area contributed by atoms with Gasteiger partial charge in [-0.15, -0.1) is 11.3 Å². The van der Waals surface area contributed by atoms with Crippen LogP contribution in [0.5, 0.6) is 0 Å². The zero-order valence-corrected chi connectivity index (χ0v) is 15.8. The van der Waals surface area contributed by atoms with Gasteiger partial charge in [0.2, 0.25) is 0 Å². The Kier molecular flexibility index (Phi) is 4.85. The Hall–Kier alpha value is -2.80.